The molecule has 1 aliphatic heterocycles. The zero-order chi connectivity index (χ0) is 49.7. The summed E-state index contributed by atoms with van der Waals surface area (Å²) in [7, 11) is 0. The predicted molar refractivity (Wildman–Crippen MR) is 302 cm³/mol. The third kappa shape index (κ3) is 7.83. The lowest BCUT2D eigenvalue weighted by molar-refractivity contribution is 0.483. The summed E-state index contributed by atoms with van der Waals surface area (Å²) >= 11 is 0. The molecular formula is C67H62N4O. The Labute approximate surface area is 425 Å². The van der Waals surface area contributed by atoms with Crippen molar-refractivity contribution in [2.45, 2.75) is 85.0 Å². The number of hydrogen-bond acceptors (Lipinski definition) is 4. The molecule has 1 aliphatic carbocycles. The summed E-state index contributed by atoms with van der Waals surface area (Å²) < 4.78 is 9.34. The third-order valence-electron chi connectivity index (χ3n) is 15.0. The lowest BCUT2D eigenvalue weighted by atomic mass is 9.78. The number of hydrogen-bond donors (Lipinski definition) is 0. The molecule has 0 radical (unpaired) electrons. The van der Waals surface area contributed by atoms with Gasteiger partial charge >= 0.3 is 0 Å². The second-order valence-electron chi connectivity index (χ2n) is 22.9. The Morgan fingerprint density at radius 1 is 0.458 bits per heavy atom. The normalized spacial score (nSPS) is 13.5. The average Bonchev–Trinajstić information content (AvgIpc) is 4.05. The van der Waals surface area contributed by atoms with Gasteiger partial charge in [0.1, 0.15) is 24.0 Å². The van der Waals surface area contributed by atoms with Crippen molar-refractivity contribution in [1.29, 1.82) is 0 Å². The van der Waals surface area contributed by atoms with Crippen LogP contribution in [0.5, 0.6) is 11.5 Å². The Hall–Kier alpha value is -7.89. The van der Waals surface area contributed by atoms with Crippen LogP contribution >= 0.6 is 0 Å². The minimum absolute atomic E-state index is 0.0241. The van der Waals surface area contributed by atoms with Crippen molar-refractivity contribution in [2.24, 2.45) is 0 Å². The zero-order valence-corrected chi connectivity index (χ0v) is 43.0. The highest BCUT2D eigenvalue weighted by Crippen LogP contribution is 2.52. The fourth-order valence-electron chi connectivity index (χ4n) is 11.1. The molecule has 0 fully saturated rings. The summed E-state index contributed by atoms with van der Waals surface area (Å²) in [6.07, 6.45) is 2.88. The Bertz CT molecular complexity index is 3710. The van der Waals surface area contributed by atoms with Gasteiger partial charge in [-0.1, -0.05) is 184 Å². The van der Waals surface area contributed by atoms with E-state index in [1.807, 2.05) is 6.20 Å². The Balaban J connectivity index is 0.959. The molecule has 3 heterocycles. The van der Waals surface area contributed by atoms with E-state index in [0.29, 0.717) is 6.67 Å². The highest BCUT2D eigenvalue weighted by molar-refractivity contribution is 6.15. The number of ether oxygens (including phenoxy) is 1. The summed E-state index contributed by atoms with van der Waals surface area (Å²) in [6, 6.07) is 66.8. The molecule has 0 saturated heterocycles. The van der Waals surface area contributed by atoms with E-state index < -0.39 is 0 Å². The maximum atomic E-state index is 6.96. The quantitative estimate of drug-likeness (QED) is 0.159. The van der Waals surface area contributed by atoms with E-state index in [2.05, 4.69) is 259 Å². The van der Waals surface area contributed by atoms with Gasteiger partial charge in [-0.15, -0.1) is 0 Å². The number of para-hydroxylation sites is 3. The van der Waals surface area contributed by atoms with E-state index in [1.165, 1.54) is 83.2 Å². The first kappa shape index (κ1) is 45.3. The van der Waals surface area contributed by atoms with Crippen LogP contribution in [0.2, 0.25) is 0 Å². The van der Waals surface area contributed by atoms with Crippen LogP contribution in [0, 0.1) is 0 Å². The van der Waals surface area contributed by atoms with E-state index >= 15 is 0 Å². The summed E-state index contributed by atoms with van der Waals surface area (Å²) in [4.78, 5) is 10.0. The molecule has 0 bridgehead atoms. The van der Waals surface area contributed by atoms with Crippen molar-refractivity contribution in [2.75, 3.05) is 16.5 Å². The first-order valence-electron chi connectivity index (χ1n) is 25.5. The molecule has 356 valence electrons. The molecule has 0 amide bonds. The van der Waals surface area contributed by atoms with Crippen LogP contribution in [0.3, 0.4) is 0 Å². The van der Waals surface area contributed by atoms with Crippen molar-refractivity contribution in [3.05, 3.63) is 216 Å². The van der Waals surface area contributed by atoms with Gasteiger partial charge in [0.15, 0.2) is 0 Å². The van der Waals surface area contributed by atoms with Gasteiger partial charge in [0.2, 0.25) is 0 Å². The minimum atomic E-state index is -0.0427. The number of benzene rings is 8. The number of nitrogens with zero attached hydrogens (tertiary/aromatic N) is 4. The van der Waals surface area contributed by atoms with Crippen LogP contribution < -0.4 is 14.5 Å². The second kappa shape index (κ2) is 16.9. The van der Waals surface area contributed by atoms with E-state index in [4.69, 9.17) is 9.72 Å². The molecule has 0 spiro atoms. The molecule has 5 heteroatoms. The number of rotatable bonds is 7. The molecule has 72 heavy (non-hydrogen) atoms. The first-order valence-corrected chi connectivity index (χ1v) is 25.5. The topological polar surface area (TPSA) is 33.5 Å². The number of fused-ring (bicyclic) bond motifs is 8. The second-order valence-corrected chi connectivity index (χ2v) is 22.9. The van der Waals surface area contributed by atoms with Crippen LogP contribution in [0.15, 0.2) is 188 Å². The number of anilines is 4. The highest BCUT2D eigenvalue weighted by Gasteiger charge is 2.33. The van der Waals surface area contributed by atoms with Gasteiger partial charge in [0, 0.05) is 51.5 Å². The lowest BCUT2D eigenvalue weighted by Gasteiger charge is -2.29. The van der Waals surface area contributed by atoms with Crippen LogP contribution in [-0.2, 0) is 22.7 Å². The standard InChI is InChI=1S/C67H62N4O/c1-65(2,3)47-33-34-68-61(39-47)71-60-41-52(30-32-56(60)57-31-29-45-35-44-21-13-14-24-53(44)62(45)64(57)71)72-51-23-17-22-50(40-51)69-42-70(59-28-16-15-27-58(59)69)63-54(43-19-11-10-12-20-43)25-18-26-55(63)46-36-48(66(4,5)6)38-49(37-46)67(7,8)9/h10-34,36-41H,35,42H2,1-9H3. The molecule has 2 aliphatic rings. The summed E-state index contributed by atoms with van der Waals surface area (Å²) in [5.74, 6) is 2.45. The van der Waals surface area contributed by atoms with Crippen LogP contribution in [0.1, 0.15) is 90.1 Å². The molecule has 10 aromatic rings. The molecule has 5 nitrogen and oxygen atoms in total. The smallest absolute Gasteiger partial charge is 0.137 e. The van der Waals surface area contributed by atoms with Gasteiger partial charge < -0.3 is 14.5 Å². The lowest BCUT2D eigenvalue weighted by Crippen LogP contribution is -2.25. The van der Waals surface area contributed by atoms with Crippen LogP contribution in [0.25, 0.3) is 61.0 Å². The van der Waals surface area contributed by atoms with Gasteiger partial charge in [-0.3, -0.25) is 4.57 Å². The zero-order valence-electron chi connectivity index (χ0n) is 43.0. The maximum absolute atomic E-state index is 6.96. The molecule has 0 atom stereocenters. The largest absolute Gasteiger partial charge is 0.457 e. The third-order valence-corrected chi connectivity index (χ3v) is 15.0. The van der Waals surface area contributed by atoms with Crippen molar-refractivity contribution >= 4 is 44.6 Å². The Morgan fingerprint density at radius 2 is 1.08 bits per heavy atom. The van der Waals surface area contributed by atoms with Gasteiger partial charge in [-0.25, -0.2) is 4.98 Å². The molecule has 0 N–H and O–H groups in total. The van der Waals surface area contributed by atoms with Crippen molar-refractivity contribution in [1.82, 2.24) is 9.55 Å². The molecule has 0 unspecified atom stereocenters. The SMILES string of the molecule is CC(C)(C)c1cc(-c2cccc(-c3ccccc3)c2N2CN(c3cccc(Oc4ccc5c6ccc7c(c6n(-c6cc(C(C)(C)C)ccn6)c5c4)-c4ccccc4C7)c3)c3ccccc32)cc(C(C)(C)C)c1. The van der Waals surface area contributed by atoms with E-state index in [1.54, 1.807) is 0 Å². The highest BCUT2D eigenvalue weighted by atomic mass is 16.5. The van der Waals surface area contributed by atoms with Gasteiger partial charge in [0.25, 0.3) is 0 Å². The fraction of sp³-hybridized carbons (Fsp3) is 0.209. The fourth-order valence-corrected chi connectivity index (χ4v) is 11.1. The minimum Gasteiger partial charge on any atom is -0.457 e. The molecule has 8 aromatic carbocycles. The maximum Gasteiger partial charge on any atom is 0.137 e. The van der Waals surface area contributed by atoms with Gasteiger partial charge in [-0.2, -0.15) is 0 Å². The summed E-state index contributed by atoms with van der Waals surface area (Å²) in [5, 5.41) is 2.38. The van der Waals surface area contributed by atoms with Crippen molar-refractivity contribution in [3.63, 3.8) is 0 Å². The summed E-state index contributed by atoms with van der Waals surface area (Å²) in [5.41, 5.74) is 20.8. The first-order chi connectivity index (χ1) is 34.6. The molecule has 12 rings (SSSR count). The molecule has 0 saturated carbocycles. The van der Waals surface area contributed by atoms with Crippen molar-refractivity contribution < 1.29 is 4.74 Å². The van der Waals surface area contributed by atoms with Crippen LogP contribution in [0.4, 0.5) is 22.7 Å². The van der Waals surface area contributed by atoms with E-state index in [0.717, 1.165) is 46.3 Å². The number of pyridine rings is 1. The summed E-state index contributed by atoms with van der Waals surface area (Å²) in [6.45, 7) is 21.3. The Morgan fingerprint density at radius 3 is 1.82 bits per heavy atom. The molecular weight excluding hydrogens is 877 g/mol. The number of aromatic nitrogens is 2. The van der Waals surface area contributed by atoms with E-state index in [-0.39, 0.29) is 16.2 Å². The Kier molecular flexibility index (Phi) is 10.6. The van der Waals surface area contributed by atoms with Gasteiger partial charge in [0.05, 0.1) is 28.1 Å². The monoisotopic (exact) mass is 938 g/mol. The average molecular weight is 939 g/mol. The van der Waals surface area contributed by atoms with Crippen LogP contribution in [-0.4, -0.2) is 16.2 Å². The van der Waals surface area contributed by atoms with Crippen molar-refractivity contribution in [3.8, 4) is 50.7 Å². The van der Waals surface area contributed by atoms with E-state index in [9.17, 15) is 0 Å². The predicted octanol–water partition coefficient (Wildman–Crippen LogP) is 18.0. The molecule has 2 aromatic heterocycles. The van der Waals surface area contributed by atoms with Gasteiger partial charge in [-0.05, 0) is 116 Å².